The van der Waals surface area contributed by atoms with Crippen molar-refractivity contribution < 1.29 is 23.4 Å². The molecule has 6 heteroatoms. The molecule has 2 aromatic carbocycles. The molecule has 0 unspecified atom stereocenters. The minimum Gasteiger partial charge on any atom is -0.485 e. The highest BCUT2D eigenvalue weighted by Gasteiger charge is 2.29. The van der Waals surface area contributed by atoms with Gasteiger partial charge in [0, 0.05) is 11.6 Å². The standard InChI is InChI=1S/C20H16O6/c1-2-23-20(22)19-11-24-16-8-7-12(9-18(16)26-19)17-10-14(21)13-5-3-4-6-15(13)25-17/h3-10,19H,2,11H2,1H3/t19-/m1/s1. The van der Waals surface area contributed by atoms with Crippen molar-refractivity contribution in [1.82, 2.24) is 0 Å². The van der Waals surface area contributed by atoms with Crippen molar-refractivity contribution >= 4 is 16.9 Å². The summed E-state index contributed by atoms with van der Waals surface area (Å²) in [7, 11) is 0. The van der Waals surface area contributed by atoms with E-state index in [9.17, 15) is 9.59 Å². The van der Waals surface area contributed by atoms with E-state index in [-0.39, 0.29) is 18.6 Å². The molecule has 0 radical (unpaired) electrons. The Hall–Kier alpha value is -3.28. The fourth-order valence-electron chi connectivity index (χ4n) is 2.82. The van der Waals surface area contributed by atoms with Crippen LogP contribution in [-0.2, 0) is 9.53 Å². The Morgan fingerprint density at radius 2 is 2.00 bits per heavy atom. The molecule has 0 fully saturated rings. The first kappa shape index (κ1) is 16.2. The monoisotopic (exact) mass is 352 g/mol. The van der Waals surface area contributed by atoms with E-state index >= 15 is 0 Å². The summed E-state index contributed by atoms with van der Waals surface area (Å²) in [5.74, 6) is 0.874. The number of carbonyl (C=O) groups is 1. The van der Waals surface area contributed by atoms with Gasteiger partial charge in [0.1, 0.15) is 18.0 Å². The summed E-state index contributed by atoms with van der Waals surface area (Å²) >= 11 is 0. The summed E-state index contributed by atoms with van der Waals surface area (Å²) in [6.07, 6.45) is -0.818. The third kappa shape index (κ3) is 2.90. The second kappa shape index (κ2) is 6.55. The van der Waals surface area contributed by atoms with Crippen LogP contribution in [0, 0.1) is 0 Å². The number of fused-ring (bicyclic) bond motifs is 2. The maximum atomic E-state index is 12.3. The molecule has 0 amide bonds. The molecule has 1 aromatic heterocycles. The molecular weight excluding hydrogens is 336 g/mol. The van der Waals surface area contributed by atoms with Gasteiger partial charge in [0.25, 0.3) is 0 Å². The lowest BCUT2D eigenvalue weighted by atomic mass is 10.1. The third-order valence-corrected chi connectivity index (χ3v) is 4.07. The quantitative estimate of drug-likeness (QED) is 0.674. The predicted molar refractivity (Wildman–Crippen MR) is 94.5 cm³/mol. The first-order valence-electron chi connectivity index (χ1n) is 8.29. The van der Waals surface area contributed by atoms with E-state index in [1.165, 1.54) is 6.07 Å². The largest absolute Gasteiger partial charge is 0.485 e. The van der Waals surface area contributed by atoms with Gasteiger partial charge < -0.3 is 18.6 Å². The van der Waals surface area contributed by atoms with Crippen molar-refractivity contribution in [2.45, 2.75) is 13.0 Å². The SMILES string of the molecule is CCOC(=O)[C@H]1COc2ccc(-c3cc(=O)c4ccccc4o3)cc2O1. The van der Waals surface area contributed by atoms with E-state index in [1.807, 2.05) is 6.07 Å². The highest BCUT2D eigenvalue weighted by atomic mass is 16.6. The highest BCUT2D eigenvalue weighted by molar-refractivity contribution is 5.79. The van der Waals surface area contributed by atoms with Crippen LogP contribution in [0.1, 0.15) is 6.92 Å². The normalized spacial score (nSPS) is 15.7. The summed E-state index contributed by atoms with van der Waals surface area (Å²) in [5.41, 5.74) is 1.04. The Labute approximate surface area is 148 Å². The van der Waals surface area contributed by atoms with E-state index in [4.69, 9.17) is 18.6 Å². The fourth-order valence-corrected chi connectivity index (χ4v) is 2.82. The Morgan fingerprint density at radius 1 is 1.15 bits per heavy atom. The molecule has 1 aliphatic rings. The predicted octanol–water partition coefficient (Wildman–Crippen LogP) is 3.16. The van der Waals surface area contributed by atoms with Gasteiger partial charge in [-0.2, -0.15) is 0 Å². The molecule has 3 aromatic rings. The van der Waals surface area contributed by atoms with Crippen LogP contribution in [0.5, 0.6) is 11.5 Å². The molecule has 6 nitrogen and oxygen atoms in total. The molecule has 0 saturated heterocycles. The topological polar surface area (TPSA) is 75.0 Å². The van der Waals surface area contributed by atoms with Crippen LogP contribution in [0.4, 0.5) is 0 Å². The van der Waals surface area contributed by atoms with Gasteiger partial charge in [0.05, 0.1) is 12.0 Å². The number of benzene rings is 2. The number of para-hydroxylation sites is 1. The first-order valence-corrected chi connectivity index (χ1v) is 8.29. The number of esters is 1. The van der Waals surface area contributed by atoms with Gasteiger partial charge in [-0.1, -0.05) is 12.1 Å². The Kier molecular flexibility index (Phi) is 4.08. The summed E-state index contributed by atoms with van der Waals surface area (Å²) < 4.78 is 22.1. The number of rotatable bonds is 3. The summed E-state index contributed by atoms with van der Waals surface area (Å²) in [6, 6.07) is 13.7. The van der Waals surface area contributed by atoms with E-state index in [0.29, 0.717) is 33.8 Å². The van der Waals surface area contributed by atoms with E-state index < -0.39 is 12.1 Å². The molecule has 1 atom stereocenters. The molecule has 4 rings (SSSR count). The molecule has 0 saturated carbocycles. The van der Waals surface area contributed by atoms with E-state index in [0.717, 1.165) is 0 Å². The van der Waals surface area contributed by atoms with Crippen molar-refractivity contribution in [3.63, 3.8) is 0 Å². The van der Waals surface area contributed by atoms with Crippen molar-refractivity contribution in [3.8, 4) is 22.8 Å². The molecule has 0 N–H and O–H groups in total. The van der Waals surface area contributed by atoms with Crippen LogP contribution in [0.2, 0.25) is 0 Å². The summed E-state index contributed by atoms with van der Waals surface area (Å²) in [5, 5.41) is 0.524. The lowest BCUT2D eigenvalue weighted by Gasteiger charge is -2.25. The number of hydrogen-bond donors (Lipinski definition) is 0. The lowest BCUT2D eigenvalue weighted by molar-refractivity contribution is -0.153. The molecular formula is C20H16O6. The van der Waals surface area contributed by atoms with Crippen LogP contribution in [-0.4, -0.2) is 25.3 Å². The zero-order chi connectivity index (χ0) is 18.1. The first-order chi connectivity index (χ1) is 12.7. The van der Waals surface area contributed by atoms with Crippen molar-refractivity contribution in [2.75, 3.05) is 13.2 Å². The van der Waals surface area contributed by atoms with Gasteiger partial charge in [-0.25, -0.2) is 4.79 Å². The molecule has 26 heavy (non-hydrogen) atoms. The second-order valence-electron chi connectivity index (χ2n) is 5.80. The van der Waals surface area contributed by atoms with Crippen LogP contribution in [0.15, 0.2) is 57.7 Å². The molecule has 0 spiro atoms. The van der Waals surface area contributed by atoms with Crippen molar-refractivity contribution in [3.05, 3.63) is 58.8 Å². The van der Waals surface area contributed by atoms with Gasteiger partial charge in [-0.05, 0) is 37.3 Å². The maximum Gasteiger partial charge on any atom is 0.350 e. The van der Waals surface area contributed by atoms with Crippen LogP contribution in [0.25, 0.3) is 22.3 Å². The summed E-state index contributed by atoms with van der Waals surface area (Å²) in [6.45, 7) is 2.10. The Morgan fingerprint density at radius 3 is 2.85 bits per heavy atom. The third-order valence-electron chi connectivity index (χ3n) is 4.07. The number of carbonyl (C=O) groups excluding carboxylic acids is 1. The Balaban J connectivity index is 1.71. The average molecular weight is 352 g/mol. The molecule has 2 heterocycles. The summed E-state index contributed by atoms with van der Waals surface area (Å²) in [4.78, 5) is 24.2. The van der Waals surface area contributed by atoms with Gasteiger partial charge in [-0.3, -0.25) is 4.79 Å². The minimum atomic E-state index is -0.818. The zero-order valence-electron chi connectivity index (χ0n) is 14.1. The van der Waals surface area contributed by atoms with Crippen molar-refractivity contribution in [2.24, 2.45) is 0 Å². The molecule has 1 aliphatic heterocycles. The van der Waals surface area contributed by atoms with Gasteiger partial charge in [0.2, 0.25) is 6.10 Å². The molecule has 0 aliphatic carbocycles. The minimum absolute atomic E-state index is 0.0935. The van der Waals surface area contributed by atoms with Gasteiger partial charge in [-0.15, -0.1) is 0 Å². The maximum absolute atomic E-state index is 12.3. The van der Waals surface area contributed by atoms with Gasteiger partial charge >= 0.3 is 5.97 Å². The van der Waals surface area contributed by atoms with Gasteiger partial charge in [0.15, 0.2) is 16.9 Å². The smallest absolute Gasteiger partial charge is 0.350 e. The van der Waals surface area contributed by atoms with Crippen LogP contribution < -0.4 is 14.9 Å². The zero-order valence-corrected chi connectivity index (χ0v) is 14.1. The van der Waals surface area contributed by atoms with Crippen LogP contribution >= 0.6 is 0 Å². The van der Waals surface area contributed by atoms with Crippen molar-refractivity contribution in [1.29, 1.82) is 0 Å². The Bertz CT molecular complexity index is 1040. The number of ether oxygens (including phenoxy) is 3. The molecule has 0 bridgehead atoms. The number of hydrogen-bond acceptors (Lipinski definition) is 6. The lowest BCUT2D eigenvalue weighted by Crippen LogP contribution is -2.37. The fraction of sp³-hybridized carbons (Fsp3) is 0.200. The second-order valence-corrected chi connectivity index (χ2v) is 5.80. The van der Waals surface area contributed by atoms with Crippen LogP contribution in [0.3, 0.4) is 0 Å². The van der Waals surface area contributed by atoms with E-state index in [1.54, 1.807) is 43.3 Å². The van der Waals surface area contributed by atoms with E-state index in [2.05, 4.69) is 0 Å². The highest BCUT2D eigenvalue weighted by Crippen LogP contribution is 2.36. The average Bonchev–Trinajstić information content (AvgIpc) is 2.67. The molecule has 132 valence electrons.